The van der Waals surface area contributed by atoms with E-state index in [0.29, 0.717) is 5.82 Å². The number of rotatable bonds is 6. The lowest BCUT2D eigenvalue weighted by atomic mass is 10.1. The van der Waals surface area contributed by atoms with E-state index in [1.165, 1.54) is 7.05 Å². The van der Waals surface area contributed by atoms with E-state index in [-0.39, 0.29) is 12.3 Å². The Labute approximate surface area is 142 Å². The maximum absolute atomic E-state index is 12.4. The number of anilines is 1. The first-order valence-electron chi connectivity index (χ1n) is 7.50. The van der Waals surface area contributed by atoms with Crippen molar-refractivity contribution in [2.75, 3.05) is 18.9 Å². The van der Waals surface area contributed by atoms with Gasteiger partial charge in [0, 0.05) is 12.7 Å². The molecule has 24 heavy (non-hydrogen) atoms. The van der Waals surface area contributed by atoms with Gasteiger partial charge in [-0.15, -0.1) is 0 Å². The number of likely N-dealkylation sites (N-methyl/N-ethyl adjacent to an activating group) is 1. The number of amides is 1. The van der Waals surface area contributed by atoms with E-state index >= 15 is 0 Å². The number of nitrogens with one attached hydrogen (secondary N) is 1. The van der Waals surface area contributed by atoms with Crippen LogP contribution in [0.5, 0.6) is 0 Å². The highest BCUT2D eigenvalue weighted by Crippen LogP contribution is 2.14. The van der Waals surface area contributed by atoms with Crippen LogP contribution in [0.15, 0.2) is 42.5 Å². The van der Waals surface area contributed by atoms with E-state index in [9.17, 15) is 13.2 Å². The van der Waals surface area contributed by atoms with E-state index in [0.717, 1.165) is 21.1 Å². The van der Waals surface area contributed by atoms with Gasteiger partial charge in [-0.1, -0.05) is 30.3 Å². The molecule has 0 saturated carbocycles. The Hall–Kier alpha value is -2.25. The molecule has 0 radical (unpaired) electrons. The predicted molar refractivity (Wildman–Crippen MR) is 94.0 cm³/mol. The maximum Gasteiger partial charge on any atom is 0.240 e. The summed E-state index contributed by atoms with van der Waals surface area (Å²) in [5, 5.41) is 2.60. The van der Waals surface area contributed by atoms with Crippen LogP contribution < -0.4 is 5.32 Å². The molecule has 2 aromatic rings. The number of carbonyl (C=O) groups excluding carboxylic acids is 1. The molecule has 0 spiro atoms. The number of nitrogens with zero attached hydrogens (tertiary/aromatic N) is 2. The first-order valence-corrected chi connectivity index (χ1v) is 9.11. The normalized spacial score (nSPS) is 11.5. The van der Waals surface area contributed by atoms with Gasteiger partial charge in [-0.25, -0.2) is 13.4 Å². The van der Waals surface area contributed by atoms with Crippen molar-refractivity contribution in [3.05, 3.63) is 59.3 Å². The highest BCUT2D eigenvalue weighted by molar-refractivity contribution is 7.88. The smallest absolute Gasteiger partial charge is 0.240 e. The summed E-state index contributed by atoms with van der Waals surface area (Å²) in [6.45, 7) is 3.42. The predicted octanol–water partition coefficient (Wildman–Crippen LogP) is 2.10. The summed E-state index contributed by atoms with van der Waals surface area (Å²) in [5.41, 5.74) is 2.40. The van der Waals surface area contributed by atoms with Gasteiger partial charge in [0.2, 0.25) is 15.9 Å². The third kappa shape index (κ3) is 4.87. The summed E-state index contributed by atoms with van der Waals surface area (Å²) in [6, 6.07) is 12.5. The van der Waals surface area contributed by atoms with Gasteiger partial charge in [-0.3, -0.25) is 4.79 Å². The number of aromatic nitrogens is 1. The summed E-state index contributed by atoms with van der Waals surface area (Å²) in [5.74, 6) is -0.153. The lowest BCUT2D eigenvalue weighted by Crippen LogP contribution is -2.35. The summed E-state index contributed by atoms with van der Waals surface area (Å²) < 4.78 is 25.9. The van der Waals surface area contributed by atoms with Gasteiger partial charge < -0.3 is 5.32 Å². The monoisotopic (exact) mass is 347 g/mol. The first-order chi connectivity index (χ1) is 11.3. The Morgan fingerprint density at radius 3 is 2.50 bits per heavy atom. The van der Waals surface area contributed by atoms with Crippen LogP contribution in [0.2, 0.25) is 0 Å². The lowest BCUT2D eigenvalue weighted by Gasteiger charge is -2.17. The minimum absolute atomic E-state index is 0.133. The van der Waals surface area contributed by atoms with Gasteiger partial charge in [0.1, 0.15) is 5.82 Å². The van der Waals surface area contributed by atoms with Crippen molar-refractivity contribution in [3.63, 3.8) is 0 Å². The second-order valence-electron chi connectivity index (χ2n) is 5.65. The molecule has 0 aliphatic heterocycles. The lowest BCUT2D eigenvalue weighted by molar-refractivity contribution is -0.116. The molecular weight excluding hydrogens is 326 g/mol. The van der Waals surface area contributed by atoms with Gasteiger partial charge >= 0.3 is 0 Å². The van der Waals surface area contributed by atoms with Crippen molar-refractivity contribution in [3.8, 4) is 0 Å². The van der Waals surface area contributed by atoms with Crippen molar-refractivity contribution in [1.29, 1.82) is 0 Å². The molecule has 0 bridgehead atoms. The fourth-order valence-electron chi connectivity index (χ4n) is 2.17. The van der Waals surface area contributed by atoms with Crippen LogP contribution in [-0.2, 0) is 20.6 Å². The number of benzene rings is 1. The van der Waals surface area contributed by atoms with Crippen LogP contribution in [0.25, 0.3) is 0 Å². The minimum Gasteiger partial charge on any atom is -0.310 e. The number of sulfonamides is 1. The molecule has 0 unspecified atom stereocenters. The zero-order valence-corrected chi connectivity index (χ0v) is 14.8. The van der Waals surface area contributed by atoms with Gasteiger partial charge in [-0.05, 0) is 37.1 Å². The highest BCUT2D eigenvalue weighted by Gasteiger charge is 2.22. The van der Waals surface area contributed by atoms with Crippen LogP contribution in [-0.4, -0.2) is 37.2 Å². The molecular formula is C17H21N3O3S. The number of aryl methyl sites for hydroxylation is 2. The van der Waals surface area contributed by atoms with Crippen molar-refractivity contribution in [2.24, 2.45) is 0 Å². The van der Waals surface area contributed by atoms with Gasteiger partial charge in [0.15, 0.2) is 0 Å². The fraction of sp³-hybridized carbons (Fsp3) is 0.294. The summed E-state index contributed by atoms with van der Waals surface area (Å²) in [7, 11) is -2.18. The second kappa shape index (κ2) is 7.55. The van der Waals surface area contributed by atoms with Gasteiger partial charge in [0.05, 0.1) is 12.3 Å². The molecule has 0 fully saturated rings. The molecule has 1 aromatic heterocycles. The number of hydrogen-bond acceptors (Lipinski definition) is 4. The largest absolute Gasteiger partial charge is 0.310 e. The Balaban J connectivity index is 2.01. The van der Waals surface area contributed by atoms with E-state index in [1.807, 2.05) is 32.0 Å². The quantitative estimate of drug-likeness (QED) is 0.868. The van der Waals surface area contributed by atoms with Crippen molar-refractivity contribution in [2.45, 2.75) is 19.6 Å². The minimum atomic E-state index is -3.58. The summed E-state index contributed by atoms with van der Waals surface area (Å²) in [4.78, 5) is 16.2. The fourth-order valence-corrected chi connectivity index (χ4v) is 3.43. The van der Waals surface area contributed by atoms with Crippen LogP contribution in [0, 0.1) is 13.8 Å². The molecule has 2 rings (SSSR count). The van der Waals surface area contributed by atoms with Gasteiger partial charge in [0.25, 0.3) is 0 Å². The summed E-state index contributed by atoms with van der Waals surface area (Å²) >= 11 is 0. The molecule has 0 aliphatic carbocycles. The molecule has 1 heterocycles. The molecule has 1 aromatic carbocycles. The van der Waals surface area contributed by atoms with Crippen LogP contribution in [0.4, 0.5) is 5.82 Å². The molecule has 6 nitrogen and oxygen atoms in total. The topological polar surface area (TPSA) is 79.4 Å². The number of pyridine rings is 1. The third-order valence-electron chi connectivity index (χ3n) is 3.60. The standard InChI is InChI=1S/C17H21N3O3S/c1-13-7-4-5-9-15(13)12-24(22,23)20(3)11-17(21)19-16-10-6-8-14(2)18-16/h4-10H,11-12H2,1-3H3,(H,18,19,21). The average Bonchev–Trinajstić information content (AvgIpc) is 2.49. The molecule has 0 saturated heterocycles. The Morgan fingerprint density at radius 2 is 1.83 bits per heavy atom. The Kier molecular flexibility index (Phi) is 5.69. The van der Waals surface area contributed by atoms with Crippen LogP contribution in [0.1, 0.15) is 16.8 Å². The van der Waals surface area contributed by atoms with Crippen molar-refractivity contribution >= 4 is 21.7 Å². The van der Waals surface area contributed by atoms with Crippen molar-refractivity contribution in [1.82, 2.24) is 9.29 Å². The van der Waals surface area contributed by atoms with E-state index in [1.54, 1.807) is 24.3 Å². The zero-order valence-electron chi connectivity index (χ0n) is 14.0. The highest BCUT2D eigenvalue weighted by atomic mass is 32.2. The molecule has 0 aliphatic rings. The van der Waals surface area contributed by atoms with E-state index < -0.39 is 15.9 Å². The SMILES string of the molecule is Cc1cccc(NC(=O)CN(C)S(=O)(=O)Cc2ccccc2C)n1. The molecule has 128 valence electrons. The molecule has 7 heteroatoms. The maximum atomic E-state index is 12.4. The van der Waals surface area contributed by atoms with E-state index in [4.69, 9.17) is 0 Å². The van der Waals surface area contributed by atoms with E-state index in [2.05, 4.69) is 10.3 Å². The molecule has 1 amide bonds. The molecule has 0 atom stereocenters. The Morgan fingerprint density at radius 1 is 1.12 bits per heavy atom. The number of carbonyl (C=O) groups is 1. The van der Waals surface area contributed by atoms with Crippen molar-refractivity contribution < 1.29 is 13.2 Å². The second-order valence-corrected chi connectivity index (χ2v) is 7.73. The third-order valence-corrected chi connectivity index (χ3v) is 5.35. The van der Waals surface area contributed by atoms with Crippen LogP contribution >= 0.6 is 0 Å². The van der Waals surface area contributed by atoms with Crippen LogP contribution in [0.3, 0.4) is 0 Å². The number of hydrogen-bond donors (Lipinski definition) is 1. The average molecular weight is 347 g/mol. The zero-order chi connectivity index (χ0) is 17.7. The molecule has 1 N–H and O–H groups in total. The Bertz CT molecular complexity index is 834. The first kappa shape index (κ1) is 18.1. The summed E-state index contributed by atoms with van der Waals surface area (Å²) in [6.07, 6.45) is 0. The van der Waals surface area contributed by atoms with Gasteiger partial charge in [-0.2, -0.15) is 4.31 Å².